The molecule has 1 atom stereocenters. The molecular weight excluding hydrogens is 224 g/mol. The van der Waals surface area contributed by atoms with Gasteiger partial charge in [0.15, 0.2) is 0 Å². The summed E-state index contributed by atoms with van der Waals surface area (Å²) in [5, 5.41) is 8.07. The average molecular weight is 242 g/mol. The summed E-state index contributed by atoms with van der Waals surface area (Å²) in [5.41, 5.74) is 5.45. The second-order valence-electron chi connectivity index (χ2n) is 4.34. The molecule has 1 heterocycles. The molecular formula is C10H18N4OS. The van der Waals surface area contributed by atoms with Crippen molar-refractivity contribution in [3.63, 3.8) is 0 Å². The summed E-state index contributed by atoms with van der Waals surface area (Å²) in [6, 6.07) is 0.192. The molecule has 5 nitrogen and oxygen atoms in total. The Balaban J connectivity index is 2.67. The standard InChI is InChI=1S/C10H18N4OS/c1-6(2)5-7(3)14(4)9(15)8-12-13-10(11)16-8/h6-7H,5H2,1-4H3,(H2,11,13). The molecule has 0 aliphatic carbocycles. The Kier molecular flexibility index (Phi) is 4.23. The molecule has 0 radical (unpaired) electrons. The number of aromatic nitrogens is 2. The molecule has 0 aliphatic heterocycles. The molecule has 1 rings (SSSR count). The summed E-state index contributed by atoms with van der Waals surface area (Å²) in [7, 11) is 1.78. The average Bonchev–Trinajstić information content (AvgIpc) is 2.61. The van der Waals surface area contributed by atoms with Crippen LogP contribution in [0.5, 0.6) is 0 Å². The summed E-state index contributed by atoms with van der Waals surface area (Å²) in [5.74, 6) is 0.451. The van der Waals surface area contributed by atoms with Gasteiger partial charge in [-0.1, -0.05) is 25.2 Å². The molecule has 1 aromatic heterocycles. The molecule has 0 aliphatic rings. The fraction of sp³-hybridized carbons (Fsp3) is 0.700. The van der Waals surface area contributed by atoms with Crippen molar-refractivity contribution >= 4 is 22.4 Å². The van der Waals surface area contributed by atoms with Crippen LogP contribution in [0.25, 0.3) is 0 Å². The number of rotatable bonds is 4. The molecule has 16 heavy (non-hydrogen) atoms. The van der Waals surface area contributed by atoms with Crippen molar-refractivity contribution in [1.82, 2.24) is 15.1 Å². The molecule has 0 aromatic carbocycles. The van der Waals surface area contributed by atoms with Crippen LogP contribution in [-0.2, 0) is 0 Å². The predicted molar refractivity (Wildman–Crippen MR) is 65.3 cm³/mol. The Morgan fingerprint density at radius 2 is 2.06 bits per heavy atom. The zero-order valence-corrected chi connectivity index (χ0v) is 10.9. The van der Waals surface area contributed by atoms with E-state index in [-0.39, 0.29) is 11.9 Å². The van der Waals surface area contributed by atoms with Crippen molar-refractivity contribution < 1.29 is 4.79 Å². The topological polar surface area (TPSA) is 72.1 Å². The number of nitrogens with zero attached hydrogens (tertiary/aromatic N) is 3. The lowest BCUT2D eigenvalue weighted by Crippen LogP contribution is -2.35. The summed E-state index contributed by atoms with van der Waals surface area (Å²) in [4.78, 5) is 13.7. The van der Waals surface area contributed by atoms with Gasteiger partial charge in [-0.3, -0.25) is 4.79 Å². The number of nitrogen functional groups attached to an aromatic ring is 1. The van der Waals surface area contributed by atoms with Crippen LogP contribution < -0.4 is 5.73 Å². The van der Waals surface area contributed by atoms with Crippen LogP contribution in [0, 0.1) is 5.92 Å². The highest BCUT2D eigenvalue weighted by Crippen LogP contribution is 2.16. The van der Waals surface area contributed by atoms with Crippen LogP contribution in [0.4, 0.5) is 5.13 Å². The van der Waals surface area contributed by atoms with Crippen molar-refractivity contribution in [3.8, 4) is 0 Å². The molecule has 0 saturated carbocycles. The zero-order chi connectivity index (χ0) is 12.3. The Bertz CT molecular complexity index is 363. The Morgan fingerprint density at radius 1 is 1.44 bits per heavy atom. The second-order valence-corrected chi connectivity index (χ2v) is 5.35. The van der Waals surface area contributed by atoms with E-state index in [4.69, 9.17) is 5.73 Å². The van der Waals surface area contributed by atoms with Gasteiger partial charge in [-0.15, -0.1) is 10.2 Å². The van der Waals surface area contributed by atoms with E-state index in [0.29, 0.717) is 16.1 Å². The van der Waals surface area contributed by atoms with E-state index in [1.54, 1.807) is 11.9 Å². The Labute approximate surface area is 99.7 Å². The minimum absolute atomic E-state index is 0.109. The first kappa shape index (κ1) is 12.9. The van der Waals surface area contributed by atoms with Gasteiger partial charge in [0.2, 0.25) is 10.1 Å². The van der Waals surface area contributed by atoms with Gasteiger partial charge in [0.05, 0.1) is 0 Å². The van der Waals surface area contributed by atoms with Crippen molar-refractivity contribution in [2.75, 3.05) is 12.8 Å². The number of carbonyl (C=O) groups excluding carboxylic acids is 1. The van der Waals surface area contributed by atoms with Gasteiger partial charge < -0.3 is 10.6 Å². The maximum atomic E-state index is 12.0. The summed E-state index contributed by atoms with van der Waals surface area (Å²) < 4.78 is 0. The van der Waals surface area contributed by atoms with Crippen molar-refractivity contribution in [3.05, 3.63) is 5.01 Å². The number of anilines is 1. The highest BCUT2D eigenvalue weighted by Gasteiger charge is 2.21. The van der Waals surface area contributed by atoms with Gasteiger partial charge in [-0.2, -0.15) is 0 Å². The van der Waals surface area contributed by atoms with Crippen LogP contribution in [0.2, 0.25) is 0 Å². The maximum Gasteiger partial charge on any atom is 0.284 e. The number of nitrogens with two attached hydrogens (primary N) is 1. The number of carbonyl (C=O) groups is 1. The fourth-order valence-corrected chi connectivity index (χ4v) is 2.11. The Morgan fingerprint density at radius 3 is 2.50 bits per heavy atom. The van der Waals surface area contributed by atoms with Gasteiger partial charge in [-0.05, 0) is 19.3 Å². The van der Waals surface area contributed by atoms with Crippen LogP contribution in [0.3, 0.4) is 0 Å². The van der Waals surface area contributed by atoms with Gasteiger partial charge in [0.25, 0.3) is 5.91 Å². The molecule has 0 fully saturated rings. The normalized spacial score (nSPS) is 12.8. The number of amides is 1. The molecule has 90 valence electrons. The first-order valence-electron chi connectivity index (χ1n) is 5.28. The molecule has 6 heteroatoms. The third-order valence-electron chi connectivity index (χ3n) is 2.42. The molecule has 2 N–H and O–H groups in total. The van der Waals surface area contributed by atoms with E-state index >= 15 is 0 Å². The second kappa shape index (κ2) is 5.25. The third kappa shape index (κ3) is 3.16. The van der Waals surface area contributed by atoms with Crippen LogP contribution in [-0.4, -0.2) is 34.1 Å². The van der Waals surface area contributed by atoms with E-state index in [0.717, 1.165) is 17.8 Å². The first-order chi connectivity index (χ1) is 7.41. The van der Waals surface area contributed by atoms with Gasteiger partial charge in [-0.25, -0.2) is 0 Å². The summed E-state index contributed by atoms with van der Waals surface area (Å²) >= 11 is 1.12. The van der Waals surface area contributed by atoms with E-state index in [2.05, 4.69) is 24.0 Å². The quantitative estimate of drug-likeness (QED) is 0.871. The lowest BCUT2D eigenvalue weighted by molar-refractivity contribution is 0.0727. The zero-order valence-electron chi connectivity index (χ0n) is 10.1. The highest BCUT2D eigenvalue weighted by molar-refractivity contribution is 7.16. The summed E-state index contributed by atoms with van der Waals surface area (Å²) in [6.07, 6.45) is 0.969. The smallest absolute Gasteiger partial charge is 0.284 e. The van der Waals surface area contributed by atoms with E-state index in [1.165, 1.54) is 0 Å². The maximum absolute atomic E-state index is 12.0. The third-order valence-corrected chi connectivity index (χ3v) is 3.16. The van der Waals surface area contributed by atoms with Gasteiger partial charge in [0.1, 0.15) is 0 Å². The molecule has 1 aromatic rings. The largest absolute Gasteiger partial charge is 0.374 e. The molecule has 0 bridgehead atoms. The van der Waals surface area contributed by atoms with Crippen molar-refractivity contribution in [2.45, 2.75) is 33.2 Å². The number of hydrogen-bond acceptors (Lipinski definition) is 5. The van der Waals surface area contributed by atoms with Crippen LogP contribution in [0.1, 0.15) is 37.0 Å². The van der Waals surface area contributed by atoms with E-state index < -0.39 is 0 Å². The number of hydrogen-bond donors (Lipinski definition) is 1. The van der Waals surface area contributed by atoms with Crippen LogP contribution in [0.15, 0.2) is 0 Å². The molecule has 0 saturated heterocycles. The van der Waals surface area contributed by atoms with Crippen molar-refractivity contribution in [2.24, 2.45) is 5.92 Å². The van der Waals surface area contributed by atoms with Crippen LogP contribution >= 0.6 is 11.3 Å². The SMILES string of the molecule is CC(C)CC(C)N(C)C(=O)c1nnc(N)s1. The fourth-order valence-electron chi connectivity index (χ4n) is 1.51. The Hall–Kier alpha value is -1.17. The summed E-state index contributed by atoms with van der Waals surface area (Å²) in [6.45, 7) is 6.30. The minimum atomic E-state index is -0.109. The lowest BCUT2D eigenvalue weighted by atomic mass is 10.0. The van der Waals surface area contributed by atoms with E-state index in [1.807, 2.05) is 6.92 Å². The highest BCUT2D eigenvalue weighted by atomic mass is 32.1. The minimum Gasteiger partial charge on any atom is -0.374 e. The van der Waals surface area contributed by atoms with E-state index in [9.17, 15) is 4.79 Å². The molecule has 0 spiro atoms. The van der Waals surface area contributed by atoms with Crippen molar-refractivity contribution in [1.29, 1.82) is 0 Å². The monoisotopic (exact) mass is 242 g/mol. The molecule has 1 unspecified atom stereocenters. The first-order valence-corrected chi connectivity index (χ1v) is 6.09. The predicted octanol–water partition coefficient (Wildman–Crippen LogP) is 1.63. The van der Waals surface area contributed by atoms with Gasteiger partial charge in [0, 0.05) is 13.1 Å². The lowest BCUT2D eigenvalue weighted by Gasteiger charge is -2.25. The molecule has 1 amide bonds. The van der Waals surface area contributed by atoms with Gasteiger partial charge >= 0.3 is 0 Å².